The van der Waals surface area contributed by atoms with Gasteiger partial charge in [0.1, 0.15) is 0 Å². The number of hydrogen-bond donors (Lipinski definition) is 2. The molecular weight excluding hydrogens is 248 g/mol. The number of aromatic nitrogens is 1. The number of anilines is 1. The Balaban J connectivity index is 1.99. The molecular formula is C13H20N2O2S. The molecule has 0 bridgehead atoms. The monoisotopic (exact) mass is 268 g/mol. The molecule has 0 atom stereocenters. The van der Waals surface area contributed by atoms with Crippen LogP contribution in [0.25, 0.3) is 0 Å². The summed E-state index contributed by atoms with van der Waals surface area (Å²) in [5.41, 5.74) is 0.478. The van der Waals surface area contributed by atoms with Gasteiger partial charge in [-0.1, -0.05) is 26.2 Å². The van der Waals surface area contributed by atoms with Crippen molar-refractivity contribution in [2.75, 3.05) is 11.9 Å². The first-order valence-electron chi connectivity index (χ1n) is 6.58. The summed E-state index contributed by atoms with van der Waals surface area (Å²) in [6.45, 7) is 2.57. The summed E-state index contributed by atoms with van der Waals surface area (Å²) in [7, 11) is 0. The molecule has 1 aromatic heterocycles. The zero-order chi connectivity index (χ0) is 13.0. The number of aliphatic carboxylic acids is 1. The van der Waals surface area contributed by atoms with E-state index in [2.05, 4.69) is 17.2 Å². The van der Waals surface area contributed by atoms with Crippen LogP contribution in [0.15, 0.2) is 5.38 Å². The normalized spacial score (nSPS) is 18.5. The first kappa shape index (κ1) is 13.3. The lowest BCUT2D eigenvalue weighted by molar-refractivity contribution is -0.150. The molecule has 1 saturated carbocycles. The number of nitrogens with zero attached hydrogens (tertiary/aromatic N) is 1. The highest BCUT2D eigenvalue weighted by molar-refractivity contribution is 7.13. The van der Waals surface area contributed by atoms with E-state index in [1.54, 1.807) is 11.3 Å². The molecule has 2 N–H and O–H groups in total. The van der Waals surface area contributed by atoms with Crippen molar-refractivity contribution in [3.8, 4) is 0 Å². The van der Waals surface area contributed by atoms with Gasteiger partial charge in [0.15, 0.2) is 5.13 Å². The van der Waals surface area contributed by atoms with E-state index in [4.69, 9.17) is 0 Å². The topological polar surface area (TPSA) is 62.2 Å². The minimum Gasteiger partial charge on any atom is -0.481 e. The summed E-state index contributed by atoms with van der Waals surface area (Å²) >= 11 is 1.56. The predicted octanol–water partition coefficient (Wildman–Crippen LogP) is 3.15. The Labute approximate surface area is 111 Å². The fourth-order valence-electron chi connectivity index (χ4n) is 2.49. The smallest absolute Gasteiger partial charge is 0.311 e. The number of thiazole rings is 1. The quantitative estimate of drug-likeness (QED) is 0.861. The second kappa shape index (κ2) is 5.69. The second-order valence-corrected chi connectivity index (χ2v) is 5.86. The third-order valence-electron chi connectivity index (χ3n) is 3.76. The van der Waals surface area contributed by atoms with Crippen LogP contribution in [0.5, 0.6) is 0 Å². The lowest BCUT2D eigenvalue weighted by Crippen LogP contribution is -2.39. The highest BCUT2D eigenvalue weighted by atomic mass is 32.1. The average Bonchev–Trinajstić information content (AvgIpc) is 2.85. The van der Waals surface area contributed by atoms with Gasteiger partial charge >= 0.3 is 5.97 Å². The van der Waals surface area contributed by atoms with Crippen LogP contribution >= 0.6 is 11.3 Å². The van der Waals surface area contributed by atoms with Crippen LogP contribution in [0, 0.1) is 5.41 Å². The fraction of sp³-hybridized carbons (Fsp3) is 0.692. The SMILES string of the molecule is CCc1csc(NCC2(C(=O)O)CCCCC2)n1. The summed E-state index contributed by atoms with van der Waals surface area (Å²) in [5.74, 6) is -0.665. The third-order valence-corrected chi connectivity index (χ3v) is 4.61. The van der Waals surface area contributed by atoms with Crippen LogP contribution < -0.4 is 5.32 Å². The first-order valence-corrected chi connectivity index (χ1v) is 7.46. The van der Waals surface area contributed by atoms with E-state index in [1.165, 1.54) is 0 Å². The summed E-state index contributed by atoms with van der Waals surface area (Å²) in [5, 5.41) is 15.5. The van der Waals surface area contributed by atoms with Crippen molar-refractivity contribution in [2.24, 2.45) is 5.41 Å². The number of carboxylic acid groups (broad SMARTS) is 1. The molecule has 1 aromatic rings. The lowest BCUT2D eigenvalue weighted by atomic mass is 9.74. The Hall–Kier alpha value is -1.10. The Kier molecular flexibility index (Phi) is 4.22. The Morgan fingerprint density at radius 2 is 2.22 bits per heavy atom. The number of nitrogens with one attached hydrogen (secondary N) is 1. The van der Waals surface area contributed by atoms with Gasteiger partial charge in [-0.3, -0.25) is 4.79 Å². The summed E-state index contributed by atoms with van der Waals surface area (Å²) in [4.78, 5) is 15.9. The van der Waals surface area contributed by atoms with E-state index in [0.717, 1.165) is 49.4 Å². The standard InChI is InChI=1S/C13H20N2O2S/c1-2-10-8-18-12(15-10)14-9-13(11(16)17)6-4-3-5-7-13/h8H,2-7,9H2,1H3,(H,14,15)(H,16,17). The maximum atomic E-state index is 11.5. The molecule has 2 rings (SSSR count). The van der Waals surface area contributed by atoms with E-state index in [-0.39, 0.29) is 0 Å². The van der Waals surface area contributed by atoms with Gasteiger partial charge in [-0.2, -0.15) is 0 Å². The maximum Gasteiger partial charge on any atom is 0.311 e. The molecule has 0 spiro atoms. The van der Waals surface area contributed by atoms with Crippen molar-refractivity contribution in [1.82, 2.24) is 4.98 Å². The van der Waals surface area contributed by atoms with Crippen molar-refractivity contribution in [3.63, 3.8) is 0 Å². The van der Waals surface area contributed by atoms with Crippen molar-refractivity contribution in [2.45, 2.75) is 45.4 Å². The number of carboxylic acids is 1. The second-order valence-electron chi connectivity index (χ2n) is 5.00. The Bertz CT molecular complexity index is 411. The Morgan fingerprint density at radius 1 is 1.50 bits per heavy atom. The van der Waals surface area contributed by atoms with Crippen LogP contribution in [0.1, 0.15) is 44.7 Å². The van der Waals surface area contributed by atoms with E-state index in [1.807, 2.05) is 5.38 Å². The van der Waals surface area contributed by atoms with Gasteiger partial charge in [0, 0.05) is 11.9 Å². The number of aryl methyl sites for hydroxylation is 1. The minimum absolute atomic E-state index is 0.499. The third kappa shape index (κ3) is 2.83. The van der Waals surface area contributed by atoms with Gasteiger partial charge in [-0.25, -0.2) is 4.98 Å². The van der Waals surface area contributed by atoms with E-state index < -0.39 is 11.4 Å². The van der Waals surface area contributed by atoms with E-state index in [0.29, 0.717) is 6.54 Å². The molecule has 0 radical (unpaired) electrons. The summed E-state index contributed by atoms with van der Waals surface area (Å²) < 4.78 is 0. The molecule has 5 heteroatoms. The molecule has 1 aliphatic rings. The maximum absolute atomic E-state index is 11.5. The largest absolute Gasteiger partial charge is 0.481 e. The predicted molar refractivity (Wildman–Crippen MR) is 73.1 cm³/mol. The average molecular weight is 268 g/mol. The van der Waals surface area contributed by atoms with Crippen LogP contribution in [-0.4, -0.2) is 22.6 Å². The molecule has 1 fully saturated rings. The van der Waals surface area contributed by atoms with Crippen LogP contribution in [0.2, 0.25) is 0 Å². The van der Waals surface area contributed by atoms with E-state index >= 15 is 0 Å². The number of rotatable bonds is 5. The van der Waals surface area contributed by atoms with Crippen molar-refractivity contribution in [1.29, 1.82) is 0 Å². The fourth-order valence-corrected chi connectivity index (χ4v) is 3.28. The molecule has 4 nitrogen and oxygen atoms in total. The summed E-state index contributed by atoms with van der Waals surface area (Å²) in [6.07, 6.45) is 5.68. The molecule has 0 aromatic carbocycles. The van der Waals surface area contributed by atoms with Gasteiger partial charge in [0.2, 0.25) is 0 Å². The molecule has 0 amide bonds. The molecule has 0 unspecified atom stereocenters. The van der Waals surface area contributed by atoms with Gasteiger partial charge in [-0.05, 0) is 19.3 Å². The number of hydrogen-bond acceptors (Lipinski definition) is 4. The molecule has 100 valence electrons. The van der Waals surface area contributed by atoms with Gasteiger partial charge in [0.25, 0.3) is 0 Å². The van der Waals surface area contributed by atoms with Gasteiger partial charge < -0.3 is 10.4 Å². The molecule has 1 heterocycles. The highest BCUT2D eigenvalue weighted by Crippen LogP contribution is 2.37. The van der Waals surface area contributed by atoms with Crippen LogP contribution in [-0.2, 0) is 11.2 Å². The summed E-state index contributed by atoms with van der Waals surface area (Å²) in [6, 6.07) is 0. The van der Waals surface area contributed by atoms with E-state index in [9.17, 15) is 9.90 Å². The van der Waals surface area contributed by atoms with Gasteiger partial charge in [-0.15, -0.1) is 11.3 Å². The lowest BCUT2D eigenvalue weighted by Gasteiger charge is -2.33. The van der Waals surface area contributed by atoms with Crippen molar-refractivity contribution >= 4 is 22.4 Å². The first-order chi connectivity index (χ1) is 8.66. The van der Waals surface area contributed by atoms with Crippen LogP contribution in [0.4, 0.5) is 5.13 Å². The highest BCUT2D eigenvalue weighted by Gasteiger charge is 2.39. The van der Waals surface area contributed by atoms with Crippen molar-refractivity contribution in [3.05, 3.63) is 11.1 Å². The van der Waals surface area contributed by atoms with Crippen LogP contribution in [0.3, 0.4) is 0 Å². The van der Waals surface area contributed by atoms with Crippen molar-refractivity contribution < 1.29 is 9.90 Å². The molecule has 18 heavy (non-hydrogen) atoms. The zero-order valence-corrected chi connectivity index (χ0v) is 11.6. The number of carbonyl (C=O) groups is 1. The molecule has 0 saturated heterocycles. The Morgan fingerprint density at radius 3 is 2.78 bits per heavy atom. The molecule has 1 aliphatic carbocycles. The minimum atomic E-state index is -0.665. The molecule has 0 aliphatic heterocycles. The van der Waals surface area contributed by atoms with Gasteiger partial charge in [0.05, 0.1) is 11.1 Å². The zero-order valence-electron chi connectivity index (χ0n) is 10.7.